The quantitative estimate of drug-likeness (QED) is 0.826. The van der Waals surface area contributed by atoms with Crippen LogP contribution in [0.1, 0.15) is 11.1 Å². The number of hydrogen-bond acceptors (Lipinski definition) is 5. The average Bonchev–Trinajstić information content (AvgIpc) is 3.22. The van der Waals surface area contributed by atoms with Crippen LogP contribution in [0.2, 0.25) is 0 Å². The lowest BCUT2D eigenvalue weighted by Crippen LogP contribution is -1.92. The van der Waals surface area contributed by atoms with Crippen molar-refractivity contribution in [3.05, 3.63) is 58.3 Å². The van der Waals surface area contributed by atoms with Crippen molar-refractivity contribution in [1.29, 1.82) is 0 Å². The molecule has 0 aromatic heterocycles. The van der Waals surface area contributed by atoms with Gasteiger partial charge in [0.05, 0.1) is 0 Å². The molecule has 4 rings (SSSR count). The molecule has 0 spiro atoms. The van der Waals surface area contributed by atoms with E-state index in [9.17, 15) is 0 Å². The summed E-state index contributed by atoms with van der Waals surface area (Å²) in [4.78, 5) is 0. The lowest BCUT2D eigenvalue weighted by atomic mass is 10.2. The number of fused-ring (bicyclic) bond motifs is 2. The largest absolute Gasteiger partial charge is 0.454 e. The van der Waals surface area contributed by atoms with Crippen LogP contribution < -0.4 is 18.9 Å². The molecular formula is C18H14O4S. The number of rotatable bonds is 4. The predicted octanol–water partition coefficient (Wildman–Crippen LogP) is 4.52. The maximum Gasteiger partial charge on any atom is 0.231 e. The van der Waals surface area contributed by atoms with Crippen LogP contribution in [0.4, 0.5) is 0 Å². The van der Waals surface area contributed by atoms with Crippen molar-refractivity contribution in [3.63, 3.8) is 0 Å². The van der Waals surface area contributed by atoms with Gasteiger partial charge < -0.3 is 18.9 Å². The molecule has 0 unspecified atom stereocenters. The Morgan fingerprint density at radius 1 is 0.652 bits per heavy atom. The summed E-state index contributed by atoms with van der Waals surface area (Å²) in [5.74, 6) is 3.20. The predicted molar refractivity (Wildman–Crippen MR) is 90.8 cm³/mol. The average molecular weight is 326 g/mol. The molecule has 5 heteroatoms. The molecule has 0 radical (unpaired) electrons. The molecule has 2 aromatic carbocycles. The summed E-state index contributed by atoms with van der Waals surface area (Å²) < 4.78 is 21.3. The van der Waals surface area contributed by atoms with Gasteiger partial charge in [-0.1, -0.05) is 12.1 Å². The maximum atomic E-state index is 5.36. The summed E-state index contributed by atoms with van der Waals surface area (Å²) in [6.07, 6.45) is 4.08. The summed E-state index contributed by atoms with van der Waals surface area (Å²) >= 11 is 1.60. The van der Waals surface area contributed by atoms with Crippen LogP contribution in [0.3, 0.4) is 0 Å². The van der Waals surface area contributed by atoms with Gasteiger partial charge >= 0.3 is 0 Å². The molecule has 0 saturated heterocycles. The van der Waals surface area contributed by atoms with Crippen molar-refractivity contribution in [2.45, 2.75) is 0 Å². The van der Waals surface area contributed by atoms with E-state index in [1.807, 2.05) is 59.4 Å². The highest BCUT2D eigenvalue weighted by molar-refractivity contribution is 8.05. The highest BCUT2D eigenvalue weighted by Crippen LogP contribution is 2.34. The third kappa shape index (κ3) is 3.14. The van der Waals surface area contributed by atoms with Crippen molar-refractivity contribution in [2.75, 3.05) is 13.6 Å². The number of hydrogen-bond donors (Lipinski definition) is 0. The van der Waals surface area contributed by atoms with Gasteiger partial charge in [0, 0.05) is 0 Å². The molecule has 116 valence electrons. The monoisotopic (exact) mass is 326 g/mol. The number of ether oxygens (including phenoxy) is 4. The third-order valence-corrected chi connectivity index (χ3v) is 4.06. The van der Waals surface area contributed by atoms with Gasteiger partial charge in [-0.05, 0) is 58.4 Å². The molecular weight excluding hydrogens is 312 g/mol. The molecule has 0 fully saturated rings. The molecule has 0 N–H and O–H groups in total. The van der Waals surface area contributed by atoms with Crippen molar-refractivity contribution in [1.82, 2.24) is 0 Å². The van der Waals surface area contributed by atoms with Crippen molar-refractivity contribution in [3.8, 4) is 23.0 Å². The Morgan fingerprint density at radius 2 is 1.13 bits per heavy atom. The normalized spacial score (nSPS) is 15.0. The van der Waals surface area contributed by atoms with Crippen molar-refractivity contribution in [2.24, 2.45) is 0 Å². The topological polar surface area (TPSA) is 36.9 Å². The molecule has 0 atom stereocenters. The van der Waals surface area contributed by atoms with E-state index in [-0.39, 0.29) is 0 Å². The molecule has 0 saturated carbocycles. The zero-order valence-electron chi connectivity index (χ0n) is 12.2. The molecule has 0 bridgehead atoms. The molecule has 2 heterocycles. The Morgan fingerprint density at radius 3 is 1.65 bits per heavy atom. The molecule has 4 nitrogen and oxygen atoms in total. The molecule has 2 aliphatic rings. The number of thioether (sulfide) groups is 1. The van der Waals surface area contributed by atoms with Gasteiger partial charge in [-0.15, -0.1) is 11.8 Å². The Bertz CT molecular complexity index is 717. The molecule has 23 heavy (non-hydrogen) atoms. The first-order chi connectivity index (χ1) is 11.4. The minimum Gasteiger partial charge on any atom is -0.454 e. The van der Waals surface area contributed by atoms with E-state index in [1.165, 1.54) is 0 Å². The second-order valence-corrected chi connectivity index (χ2v) is 5.78. The van der Waals surface area contributed by atoms with Crippen LogP contribution >= 0.6 is 11.8 Å². The molecule has 2 aromatic rings. The Kier molecular flexibility index (Phi) is 3.86. The van der Waals surface area contributed by atoms with E-state index in [0.29, 0.717) is 13.6 Å². The summed E-state index contributed by atoms with van der Waals surface area (Å²) in [5, 5.41) is 4.06. The fourth-order valence-electron chi connectivity index (χ4n) is 2.31. The summed E-state index contributed by atoms with van der Waals surface area (Å²) in [5.41, 5.74) is 2.16. The van der Waals surface area contributed by atoms with Crippen LogP contribution in [-0.4, -0.2) is 13.6 Å². The van der Waals surface area contributed by atoms with Crippen molar-refractivity contribution < 1.29 is 18.9 Å². The van der Waals surface area contributed by atoms with Gasteiger partial charge in [-0.2, -0.15) is 0 Å². The molecule has 0 amide bonds. The maximum absolute atomic E-state index is 5.36. The lowest BCUT2D eigenvalue weighted by Gasteiger charge is -1.97. The zero-order chi connectivity index (χ0) is 15.5. The van der Waals surface area contributed by atoms with Gasteiger partial charge in [0.25, 0.3) is 0 Å². The van der Waals surface area contributed by atoms with Crippen LogP contribution in [-0.2, 0) is 0 Å². The van der Waals surface area contributed by atoms with E-state index >= 15 is 0 Å². The van der Waals surface area contributed by atoms with E-state index in [1.54, 1.807) is 11.8 Å². The van der Waals surface area contributed by atoms with Crippen LogP contribution in [0.15, 0.2) is 47.2 Å². The molecule has 2 aliphatic heterocycles. The van der Waals surface area contributed by atoms with Gasteiger partial charge in [0.2, 0.25) is 13.6 Å². The fourth-order valence-corrected chi connectivity index (χ4v) is 2.88. The Hall–Kier alpha value is -2.53. The highest BCUT2D eigenvalue weighted by atomic mass is 32.2. The first-order valence-corrected chi connectivity index (χ1v) is 8.11. The van der Waals surface area contributed by atoms with E-state index in [2.05, 4.69) is 0 Å². The van der Waals surface area contributed by atoms with Gasteiger partial charge in [0.1, 0.15) is 0 Å². The van der Waals surface area contributed by atoms with Gasteiger partial charge in [-0.3, -0.25) is 0 Å². The van der Waals surface area contributed by atoms with Crippen LogP contribution in [0.25, 0.3) is 12.2 Å². The Labute approximate surface area is 138 Å². The van der Waals surface area contributed by atoms with Crippen LogP contribution in [0, 0.1) is 0 Å². The Balaban J connectivity index is 1.36. The molecule has 0 aliphatic carbocycles. The minimum atomic E-state index is 0.301. The first-order valence-electron chi connectivity index (χ1n) is 7.16. The SMILES string of the molecule is C(=C\c1ccc2c(c1)OCO2)/S/C=C/c1ccc2c(c1)OCO2. The fraction of sp³-hybridized carbons (Fsp3) is 0.111. The van der Waals surface area contributed by atoms with Crippen LogP contribution in [0.5, 0.6) is 23.0 Å². The van der Waals surface area contributed by atoms with E-state index in [0.717, 1.165) is 34.1 Å². The second kappa shape index (κ2) is 6.30. The smallest absolute Gasteiger partial charge is 0.231 e. The van der Waals surface area contributed by atoms with E-state index in [4.69, 9.17) is 18.9 Å². The van der Waals surface area contributed by atoms with E-state index < -0.39 is 0 Å². The first kappa shape index (κ1) is 14.1. The standard InChI is InChI=1S/C18H14O4S/c1-3-15-17(21-11-19-15)9-13(1)5-7-23-8-6-14-2-4-16-18(10-14)22-12-20-16/h1-10H,11-12H2/b7-5+,8-6+. The summed E-state index contributed by atoms with van der Waals surface area (Å²) in [6, 6.07) is 11.8. The number of benzene rings is 2. The highest BCUT2D eigenvalue weighted by Gasteiger charge is 2.12. The minimum absolute atomic E-state index is 0.301. The summed E-state index contributed by atoms with van der Waals surface area (Å²) in [6.45, 7) is 0.602. The third-order valence-electron chi connectivity index (χ3n) is 3.47. The van der Waals surface area contributed by atoms with Gasteiger partial charge in [0.15, 0.2) is 23.0 Å². The zero-order valence-corrected chi connectivity index (χ0v) is 13.0. The second-order valence-electron chi connectivity index (χ2n) is 4.97. The van der Waals surface area contributed by atoms with Crippen molar-refractivity contribution >= 4 is 23.9 Å². The van der Waals surface area contributed by atoms with Gasteiger partial charge in [-0.25, -0.2) is 0 Å². The summed E-state index contributed by atoms with van der Waals surface area (Å²) in [7, 11) is 0. The lowest BCUT2D eigenvalue weighted by molar-refractivity contribution is 0.173.